The first-order chi connectivity index (χ1) is 21.3. The van der Waals surface area contributed by atoms with Gasteiger partial charge in [-0.25, -0.2) is 9.59 Å². The highest BCUT2D eigenvalue weighted by atomic mass is 28.3. The van der Waals surface area contributed by atoms with Gasteiger partial charge in [0.25, 0.3) is 0 Å². The second-order valence-corrected chi connectivity index (χ2v) is 18.6. The van der Waals surface area contributed by atoms with Crippen LogP contribution in [0.1, 0.15) is 44.7 Å². The van der Waals surface area contributed by atoms with Crippen LogP contribution in [0.3, 0.4) is 0 Å². The normalized spacial score (nSPS) is 14.6. The third-order valence-electron chi connectivity index (χ3n) is 7.15. The van der Waals surface area contributed by atoms with Crippen molar-refractivity contribution < 1.29 is 33.7 Å². The van der Waals surface area contributed by atoms with Crippen LogP contribution < -0.4 is 10.1 Å². The number of hydrogen-bond acceptors (Lipinski definition) is 7. The van der Waals surface area contributed by atoms with Crippen LogP contribution in [0.2, 0.25) is 25.7 Å². The van der Waals surface area contributed by atoms with Crippen molar-refractivity contribution in [2.45, 2.75) is 84.0 Å². The van der Waals surface area contributed by atoms with Crippen LogP contribution in [0.5, 0.6) is 5.75 Å². The van der Waals surface area contributed by atoms with Gasteiger partial charge >= 0.3 is 11.9 Å². The van der Waals surface area contributed by atoms with E-state index >= 15 is 0 Å². The molecule has 0 aliphatic rings. The van der Waals surface area contributed by atoms with Crippen molar-refractivity contribution in [2.75, 3.05) is 13.7 Å². The summed E-state index contributed by atoms with van der Waals surface area (Å²) in [6.07, 6.45) is 5.79. The summed E-state index contributed by atoms with van der Waals surface area (Å²) in [4.78, 5) is 38.8. The molecule has 9 heteroatoms. The average molecular weight is 638 g/mol. The summed E-state index contributed by atoms with van der Waals surface area (Å²) in [6, 6.07) is 17.0. The molecule has 0 saturated carbocycles. The summed E-state index contributed by atoms with van der Waals surface area (Å²) in [5, 5.41) is 13.1. The first-order valence-corrected chi connectivity index (χ1v) is 19.4. The van der Waals surface area contributed by atoms with Crippen LogP contribution in [-0.4, -0.2) is 63.0 Å². The minimum atomic E-state index is -1.41. The molecule has 2 aromatic carbocycles. The monoisotopic (exact) mass is 637 g/mol. The van der Waals surface area contributed by atoms with E-state index in [2.05, 4.69) is 25.0 Å². The number of aliphatic hydroxyl groups is 1. The Morgan fingerprint density at radius 1 is 0.956 bits per heavy atom. The van der Waals surface area contributed by atoms with Gasteiger partial charge in [0, 0.05) is 26.8 Å². The SMILES string of the molecule is COc1ccc(C[C@@H](NC(=O)/C=C/C[C@H](OC(=O)[C@@H](O)CC(C)C)[C@H](C)/C=C/c2ccccc2)C(=O)OCC[Si](C)(C)C)cc1. The molecule has 2 aromatic rings. The molecule has 0 radical (unpaired) electrons. The summed E-state index contributed by atoms with van der Waals surface area (Å²) in [6.45, 7) is 12.7. The summed E-state index contributed by atoms with van der Waals surface area (Å²) in [5.74, 6) is -1.04. The molecule has 0 aliphatic carbocycles. The molecule has 0 heterocycles. The Kier molecular flexibility index (Phi) is 15.8. The maximum Gasteiger partial charge on any atom is 0.335 e. The summed E-state index contributed by atoms with van der Waals surface area (Å²) >= 11 is 0. The van der Waals surface area contributed by atoms with E-state index in [0.29, 0.717) is 18.8 Å². The second kappa shape index (κ2) is 19.0. The van der Waals surface area contributed by atoms with Crippen molar-refractivity contribution in [3.63, 3.8) is 0 Å². The number of ether oxygens (including phenoxy) is 3. The first-order valence-electron chi connectivity index (χ1n) is 15.7. The molecule has 2 rings (SSSR count). The number of aliphatic hydroxyl groups excluding tert-OH is 1. The van der Waals surface area contributed by atoms with E-state index in [1.165, 1.54) is 6.08 Å². The summed E-state index contributed by atoms with van der Waals surface area (Å²) < 4.78 is 16.5. The maximum absolute atomic E-state index is 13.1. The number of amides is 1. The van der Waals surface area contributed by atoms with Crippen LogP contribution in [0.25, 0.3) is 6.08 Å². The zero-order chi connectivity index (χ0) is 33.4. The molecule has 0 bridgehead atoms. The van der Waals surface area contributed by atoms with Gasteiger partial charge < -0.3 is 24.6 Å². The molecule has 8 nitrogen and oxygen atoms in total. The Balaban J connectivity index is 2.14. The van der Waals surface area contributed by atoms with Gasteiger partial charge in [-0.05, 0) is 47.7 Å². The number of hydrogen-bond donors (Lipinski definition) is 2. The van der Waals surface area contributed by atoms with Crippen molar-refractivity contribution in [2.24, 2.45) is 11.8 Å². The van der Waals surface area contributed by atoms with Crippen molar-refractivity contribution in [3.05, 3.63) is 84.0 Å². The molecular weight excluding hydrogens is 586 g/mol. The highest BCUT2D eigenvalue weighted by molar-refractivity contribution is 6.76. The quantitative estimate of drug-likeness (QED) is 0.113. The third-order valence-corrected chi connectivity index (χ3v) is 8.85. The van der Waals surface area contributed by atoms with Crippen LogP contribution in [0, 0.1) is 11.8 Å². The number of esters is 2. The highest BCUT2D eigenvalue weighted by Crippen LogP contribution is 2.19. The first kappa shape index (κ1) is 37.5. The number of carbonyl (C=O) groups excluding carboxylic acids is 3. The van der Waals surface area contributed by atoms with Crippen molar-refractivity contribution in [3.8, 4) is 5.75 Å². The Morgan fingerprint density at radius 3 is 2.22 bits per heavy atom. The van der Waals surface area contributed by atoms with Gasteiger partial charge in [0.15, 0.2) is 6.10 Å². The molecule has 0 saturated heterocycles. The molecule has 0 aromatic heterocycles. The van der Waals surface area contributed by atoms with E-state index in [0.717, 1.165) is 17.2 Å². The van der Waals surface area contributed by atoms with E-state index in [1.54, 1.807) is 25.3 Å². The van der Waals surface area contributed by atoms with Gasteiger partial charge in [-0.2, -0.15) is 0 Å². The molecule has 2 N–H and O–H groups in total. The molecular formula is C36H51NO7Si. The fraction of sp³-hybridized carbons (Fsp3) is 0.472. The molecule has 246 valence electrons. The number of methoxy groups -OCH3 is 1. The molecule has 4 atom stereocenters. The molecule has 0 fully saturated rings. The molecule has 45 heavy (non-hydrogen) atoms. The van der Waals surface area contributed by atoms with Crippen LogP contribution >= 0.6 is 0 Å². The van der Waals surface area contributed by atoms with E-state index in [9.17, 15) is 19.5 Å². The summed E-state index contributed by atoms with van der Waals surface area (Å²) in [7, 11) is 0.171. The van der Waals surface area contributed by atoms with E-state index in [1.807, 2.05) is 75.4 Å². The molecule has 0 aliphatic heterocycles. The molecule has 0 spiro atoms. The number of nitrogens with one attached hydrogen (secondary N) is 1. The molecule has 1 amide bonds. The van der Waals surface area contributed by atoms with E-state index in [4.69, 9.17) is 14.2 Å². The third kappa shape index (κ3) is 15.2. The second-order valence-electron chi connectivity index (χ2n) is 13.0. The van der Waals surface area contributed by atoms with Gasteiger partial charge in [0.1, 0.15) is 17.9 Å². The predicted molar refractivity (Wildman–Crippen MR) is 181 cm³/mol. The van der Waals surface area contributed by atoms with Gasteiger partial charge in [0.05, 0.1) is 13.7 Å². The zero-order valence-electron chi connectivity index (χ0n) is 27.8. The number of carbonyl (C=O) groups is 3. The maximum atomic E-state index is 13.1. The van der Waals surface area contributed by atoms with Gasteiger partial charge in [-0.3, -0.25) is 4.79 Å². The average Bonchev–Trinajstić information content (AvgIpc) is 2.98. The summed E-state index contributed by atoms with van der Waals surface area (Å²) in [5.41, 5.74) is 1.85. The lowest BCUT2D eigenvalue weighted by atomic mass is 9.99. The van der Waals surface area contributed by atoms with Gasteiger partial charge in [0.2, 0.25) is 5.91 Å². The largest absolute Gasteiger partial charge is 0.497 e. The fourth-order valence-corrected chi connectivity index (χ4v) is 5.08. The van der Waals surface area contributed by atoms with Crippen LogP contribution in [0.15, 0.2) is 72.8 Å². The fourth-order valence-electron chi connectivity index (χ4n) is 4.37. The lowest BCUT2D eigenvalue weighted by Gasteiger charge is -2.23. The minimum absolute atomic E-state index is 0.123. The standard InChI is InChI=1S/C36H51NO7Si/c1-26(2)24-32(38)36(41)44-33(27(3)16-17-28-12-9-8-10-13-28)14-11-15-34(39)37-31(35(40)43-22-23-45(5,6)7)25-29-18-20-30(42-4)21-19-29/h8-13,15-21,26-27,31-33,38H,14,22-25H2,1-7H3,(H,37,39)/b15-11+,17-16+/t27-,31-,32+,33+/m1/s1. The lowest BCUT2D eigenvalue weighted by molar-refractivity contribution is -0.161. The van der Waals surface area contributed by atoms with E-state index < -0.39 is 44.2 Å². The smallest absolute Gasteiger partial charge is 0.335 e. The number of benzene rings is 2. The van der Waals surface area contributed by atoms with Crippen LogP contribution in [-0.2, 0) is 30.3 Å². The van der Waals surface area contributed by atoms with Crippen molar-refractivity contribution >= 4 is 32.0 Å². The lowest BCUT2D eigenvalue weighted by Crippen LogP contribution is -2.43. The Morgan fingerprint density at radius 2 is 1.62 bits per heavy atom. The Bertz CT molecular complexity index is 1250. The Labute approximate surface area is 269 Å². The van der Waals surface area contributed by atoms with Crippen molar-refractivity contribution in [1.29, 1.82) is 0 Å². The zero-order valence-corrected chi connectivity index (χ0v) is 28.8. The van der Waals surface area contributed by atoms with E-state index in [-0.39, 0.29) is 24.7 Å². The van der Waals surface area contributed by atoms with Gasteiger partial charge in [-0.15, -0.1) is 0 Å². The predicted octanol–water partition coefficient (Wildman–Crippen LogP) is 6.22. The molecule has 0 unspecified atom stereocenters. The topological polar surface area (TPSA) is 111 Å². The van der Waals surface area contributed by atoms with Gasteiger partial charge in [-0.1, -0.05) is 101 Å². The number of rotatable bonds is 18. The van der Waals surface area contributed by atoms with Crippen molar-refractivity contribution in [1.82, 2.24) is 5.32 Å². The van der Waals surface area contributed by atoms with Crippen LogP contribution in [0.4, 0.5) is 0 Å². The minimum Gasteiger partial charge on any atom is -0.497 e. The Hall–Kier alpha value is -3.69. The highest BCUT2D eigenvalue weighted by Gasteiger charge is 2.26.